The molecule has 0 spiro atoms. The highest BCUT2D eigenvalue weighted by molar-refractivity contribution is 7.10. The van der Waals surface area contributed by atoms with E-state index in [2.05, 4.69) is 42.6 Å². The van der Waals surface area contributed by atoms with E-state index in [-0.39, 0.29) is 0 Å². The van der Waals surface area contributed by atoms with Gasteiger partial charge in [0, 0.05) is 23.9 Å². The van der Waals surface area contributed by atoms with Crippen LogP contribution in [0.1, 0.15) is 41.7 Å². The first kappa shape index (κ1) is 15.5. The summed E-state index contributed by atoms with van der Waals surface area (Å²) in [6.45, 7) is 7.22. The zero-order valence-electron chi connectivity index (χ0n) is 12.5. The Labute approximate surface area is 130 Å². The van der Waals surface area contributed by atoms with Crippen molar-refractivity contribution in [2.75, 3.05) is 7.05 Å². The molecule has 0 radical (unpaired) electrons. The van der Waals surface area contributed by atoms with Crippen LogP contribution in [-0.4, -0.2) is 16.8 Å². The molecule has 0 saturated heterocycles. The lowest BCUT2D eigenvalue weighted by Gasteiger charge is -2.17. The van der Waals surface area contributed by atoms with Gasteiger partial charge >= 0.3 is 0 Å². The molecular formula is C15H22ClN3S. The van der Waals surface area contributed by atoms with Gasteiger partial charge in [0.25, 0.3) is 0 Å². The predicted octanol–water partition coefficient (Wildman–Crippen LogP) is 3.99. The summed E-state index contributed by atoms with van der Waals surface area (Å²) in [6.07, 6.45) is 1.75. The molecule has 0 aliphatic rings. The van der Waals surface area contributed by atoms with E-state index in [1.165, 1.54) is 10.4 Å². The van der Waals surface area contributed by atoms with E-state index in [9.17, 15) is 0 Å². The minimum atomic E-state index is 0.291. The summed E-state index contributed by atoms with van der Waals surface area (Å²) in [5.74, 6) is 0. The van der Waals surface area contributed by atoms with Gasteiger partial charge in [0.1, 0.15) is 0 Å². The minimum Gasteiger partial charge on any atom is -0.312 e. The molecule has 3 nitrogen and oxygen atoms in total. The molecule has 2 rings (SSSR count). The van der Waals surface area contributed by atoms with Crippen LogP contribution in [0.25, 0.3) is 0 Å². The lowest BCUT2D eigenvalue weighted by Crippen LogP contribution is -2.20. The van der Waals surface area contributed by atoms with Crippen LogP contribution >= 0.6 is 22.9 Å². The Morgan fingerprint density at radius 2 is 2.20 bits per heavy atom. The summed E-state index contributed by atoms with van der Waals surface area (Å²) in [6, 6.07) is 2.46. The van der Waals surface area contributed by atoms with Gasteiger partial charge in [-0.05, 0) is 44.3 Å². The highest BCUT2D eigenvalue weighted by Crippen LogP contribution is 2.30. The van der Waals surface area contributed by atoms with Crippen molar-refractivity contribution in [1.29, 1.82) is 0 Å². The quantitative estimate of drug-likeness (QED) is 0.874. The first-order chi connectivity index (χ1) is 9.62. The second-order valence-electron chi connectivity index (χ2n) is 4.89. The normalized spacial score (nSPS) is 12.8. The van der Waals surface area contributed by atoms with Crippen LogP contribution in [-0.2, 0) is 19.4 Å². The van der Waals surface area contributed by atoms with Crippen LogP contribution in [0.4, 0.5) is 0 Å². The Balaban J connectivity index is 2.32. The van der Waals surface area contributed by atoms with Crippen molar-refractivity contribution in [3.8, 4) is 0 Å². The highest BCUT2D eigenvalue weighted by atomic mass is 35.5. The van der Waals surface area contributed by atoms with Crippen LogP contribution in [0, 0.1) is 6.92 Å². The van der Waals surface area contributed by atoms with Crippen molar-refractivity contribution in [2.24, 2.45) is 0 Å². The Kier molecular flexibility index (Phi) is 5.24. The van der Waals surface area contributed by atoms with E-state index in [1.807, 2.05) is 11.7 Å². The largest absolute Gasteiger partial charge is 0.312 e. The molecule has 0 saturated carbocycles. The molecular weight excluding hydrogens is 290 g/mol. The molecule has 2 aromatic rings. The number of hydrogen-bond donors (Lipinski definition) is 1. The summed E-state index contributed by atoms with van der Waals surface area (Å²) >= 11 is 8.30. The van der Waals surface area contributed by atoms with Gasteiger partial charge in [-0.1, -0.05) is 18.5 Å². The first-order valence-corrected chi connectivity index (χ1v) is 8.33. The summed E-state index contributed by atoms with van der Waals surface area (Å²) < 4.78 is 2.04. The second-order valence-corrected chi connectivity index (χ2v) is 6.22. The van der Waals surface area contributed by atoms with Crippen molar-refractivity contribution in [2.45, 2.75) is 46.2 Å². The van der Waals surface area contributed by atoms with Crippen molar-refractivity contribution in [3.05, 3.63) is 38.3 Å². The molecule has 1 unspecified atom stereocenters. The SMILES string of the molecule is CCc1nn(CC)c(CC(NC)c2sccc2C)c1Cl. The fourth-order valence-corrected chi connectivity index (χ4v) is 3.86. The van der Waals surface area contributed by atoms with E-state index < -0.39 is 0 Å². The molecule has 5 heteroatoms. The predicted molar refractivity (Wildman–Crippen MR) is 86.8 cm³/mol. The molecule has 0 aliphatic carbocycles. The van der Waals surface area contributed by atoms with E-state index >= 15 is 0 Å². The van der Waals surface area contributed by atoms with Crippen LogP contribution in [0.5, 0.6) is 0 Å². The van der Waals surface area contributed by atoms with E-state index in [4.69, 9.17) is 11.6 Å². The molecule has 110 valence electrons. The number of rotatable bonds is 6. The first-order valence-electron chi connectivity index (χ1n) is 7.07. The van der Waals surface area contributed by atoms with Crippen LogP contribution in [0.2, 0.25) is 5.02 Å². The number of aryl methyl sites for hydroxylation is 3. The van der Waals surface area contributed by atoms with Crippen LogP contribution in [0.3, 0.4) is 0 Å². The number of hydrogen-bond acceptors (Lipinski definition) is 3. The molecule has 0 fully saturated rings. The summed E-state index contributed by atoms with van der Waals surface area (Å²) in [5.41, 5.74) is 3.48. The Hall–Kier alpha value is -0.840. The van der Waals surface area contributed by atoms with Gasteiger partial charge < -0.3 is 5.32 Å². The fraction of sp³-hybridized carbons (Fsp3) is 0.533. The van der Waals surface area contributed by atoms with Crippen molar-refractivity contribution < 1.29 is 0 Å². The Morgan fingerprint density at radius 1 is 1.45 bits per heavy atom. The molecule has 0 aliphatic heterocycles. The van der Waals surface area contributed by atoms with Gasteiger partial charge in [0.2, 0.25) is 0 Å². The number of likely N-dealkylation sites (N-methyl/N-ethyl adjacent to an activating group) is 1. The number of aromatic nitrogens is 2. The van der Waals surface area contributed by atoms with Gasteiger partial charge in [0.05, 0.1) is 16.4 Å². The Bertz CT molecular complexity index is 574. The zero-order valence-corrected chi connectivity index (χ0v) is 14.1. The second kappa shape index (κ2) is 6.74. The minimum absolute atomic E-state index is 0.291. The van der Waals surface area contributed by atoms with E-state index in [1.54, 1.807) is 11.3 Å². The number of halogens is 1. The third kappa shape index (κ3) is 2.92. The van der Waals surface area contributed by atoms with Gasteiger partial charge in [-0.25, -0.2) is 0 Å². The summed E-state index contributed by atoms with van der Waals surface area (Å²) in [5, 5.41) is 11.0. The van der Waals surface area contributed by atoms with Gasteiger partial charge in [0.15, 0.2) is 0 Å². The standard InChI is InChI=1S/C15H22ClN3S/c1-5-11-14(16)13(19(6-2)18-11)9-12(17-4)15-10(3)7-8-20-15/h7-8,12,17H,5-6,9H2,1-4H3. The molecule has 2 aromatic heterocycles. The van der Waals surface area contributed by atoms with Crippen LogP contribution in [0.15, 0.2) is 11.4 Å². The van der Waals surface area contributed by atoms with Crippen molar-refractivity contribution in [1.82, 2.24) is 15.1 Å². The summed E-state index contributed by atoms with van der Waals surface area (Å²) in [4.78, 5) is 1.38. The summed E-state index contributed by atoms with van der Waals surface area (Å²) in [7, 11) is 2.01. The lowest BCUT2D eigenvalue weighted by molar-refractivity contribution is 0.544. The van der Waals surface area contributed by atoms with Gasteiger partial charge in [-0.2, -0.15) is 5.10 Å². The zero-order chi connectivity index (χ0) is 14.7. The number of nitrogens with one attached hydrogen (secondary N) is 1. The van der Waals surface area contributed by atoms with Crippen LogP contribution < -0.4 is 5.32 Å². The molecule has 1 atom stereocenters. The molecule has 0 aromatic carbocycles. The van der Waals surface area contributed by atoms with Crippen molar-refractivity contribution in [3.63, 3.8) is 0 Å². The number of nitrogens with zero attached hydrogens (tertiary/aromatic N) is 2. The average Bonchev–Trinajstić information content (AvgIpc) is 3.00. The maximum atomic E-state index is 6.50. The maximum absolute atomic E-state index is 6.50. The monoisotopic (exact) mass is 311 g/mol. The third-order valence-corrected chi connectivity index (χ3v) is 5.23. The number of thiophene rings is 1. The van der Waals surface area contributed by atoms with Gasteiger partial charge in [-0.15, -0.1) is 11.3 Å². The van der Waals surface area contributed by atoms with E-state index in [0.29, 0.717) is 6.04 Å². The molecule has 0 bridgehead atoms. The molecule has 1 N–H and O–H groups in total. The highest BCUT2D eigenvalue weighted by Gasteiger charge is 2.20. The Morgan fingerprint density at radius 3 is 2.70 bits per heavy atom. The molecule has 20 heavy (non-hydrogen) atoms. The fourth-order valence-electron chi connectivity index (χ4n) is 2.47. The third-order valence-electron chi connectivity index (χ3n) is 3.66. The lowest BCUT2D eigenvalue weighted by atomic mass is 10.1. The molecule has 2 heterocycles. The average molecular weight is 312 g/mol. The van der Waals surface area contributed by atoms with E-state index in [0.717, 1.165) is 35.8 Å². The molecule has 0 amide bonds. The smallest absolute Gasteiger partial charge is 0.0850 e. The van der Waals surface area contributed by atoms with Crippen molar-refractivity contribution >= 4 is 22.9 Å². The maximum Gasteiger partial charge on any atom is 0.0850 e. The topological polar surface area (TPSA) is 29.9 Å². The van der Waals surface area contributed by atoms with Gasteiger partial charge in [-0.3, -0.25) is 4.68 Å².